The first-order valence-electron chi connectivity index (χ1n) is 9.52. The molecule has 0 atom stereocenters. The van der Waals surface area contributed by atoms with E-state index in [2.05, 4.69) is 5.32 Å². The molecule has 0 saturated carbocycles. The predicted octanol–water partition coefficient (Wildman–Crippen LogP) is 2.86. The zero-order chi connectivity index (χ0) is 23.5. The van der Waals surface area contributed by atoms with E-state index in [1.165, 1.54) is 37.4 Å². The minimum atomic E-state index is -3.89. The van der Waals surface area contributed by atoms with Crippen LogP contribution in [-0.4, -0.2) is 29.8 Å². The van der Waals surface area contributed by atoms with E-state index in [9.17, 15) is 21.6 Å². The van der Waals surface area contributed by atoms with Crippen LogP contribution < -0.4 is 14.8 Å². The molecule has 32 heavy (non-hydrogen) atoms. The molecule has 0 fully saturated rings. The summed E-state index contributed by atoms with van der Waals surface area (Å²) in [6.45, 7) is 1.91. The summed E-state index contributed by atoms with van der Waals surface area (Å²) in [6, 6.07) is 19.0. The van der Waals surface area contributed by atoms with Crippen LogP contribution in [0, 0.1) is 6.92 Å². The first-order valence-corrected chi connectivity index (χ1v) is 12.7. The summed E-state index contributed by atoms with van der Waals surface area (Å²) >= 11 is 0. The van der Waals surface area contributed by atoms with Gasteiger partial charge in [-0.2, -0.15) is 0 Å². The van der Waals surface area contributed by atoms with Crippen molar-refractivity contribution in [3.05, 3.63) is 89.5 Å². The summed E-state index contributed by atoms with van der Waals surface area (Å²) in [6.07, 6.45) is 0. The first-order chi connectivity index (χ1) is 15.0. The standard InChI is InChI=1S/C22H23N3O5S2/c1-16-9-11-20(12-10-16)25(2)32(29,30)21-8-4-6-18(14-21)22(26)24-19-7-3-5-17(13-19)15-31(23,27)28/h3-14H,15H2,1-2H3,(H,24,26)(H2,23,27,28). The normalized spacial score (nSPS) is 11.7. The zero-order valence-corrected chi connectivity index (χ0v) is 19.2. The summed E-state index contributed by atoms with van der Waals surface area (Å²) in [5.41, 5.74) is 2.42. The molecule has 0 saturated heterocycles. The molecule has 0 spiro atoms. The maximum atomic E-state index is 13.1. The second-order valence-electron chi connectivity index (χ2n) is 7.30. The van der Waals surface area contributed by atoms with Gasteiger partial charge < -0.3 is 5.32 Å². The summed E-state index contributed by atoms with van der Waals surface area (Å²) in [7, 11) is -6.15. The minimum absolute atomic E-state index is 0.0313. The molecular weight excluding hydrogens is 450 g/mol. The molecule has 168 valence electrons. The smallest absolute Gasteiger partial charge is 0.264 e. The summed E-state index contributed by atoms with van der Waals surface area (Å²) < 4.78 is 49.8. The highest BCUT2D eigenvalue weighted by molar-refractivity contribution is 7.92. The second kappa shape index (κ2) is 9.11. The fourth-order valence-corrected chi connectivity index (χ4v) is 4.91. The van der Waals surface area contributed by atoms with Crippen molar-refractivity contribution in [3.8, 4) is 0 Å². The Kier molecular flexibility index (Phi) is 6.68. The van der Waals surface area contributed by atoms with Gasteiger partial charge >= 0.3 is 0 Å². The van der Waals surface area contributed by atoms with Gasteiger partial charge in [0.2, 0.25) is 10.0 Å². The van der Waals surface area contributed by atoms with Gasteiger partial charge in [-0.05, 0) is 55.0 Å². The Morgan fingerprint density at radius 3 is 2.25 bits per heavy atom. The largest absolute Gasteiger partial charge is 0.322 e. The molecule has 3 N–H and O–H groups in total. The Bertz CT molecular complexity index is 1350. The van der Waals surface area contributed by atoms with Crippen molar-refractivity contribution in [1.82, 2.24) is 0 Å². The van der Waals surface area contributed by atoms with Gasteiger partial charge in [0.05, 0.1) is 16.3 Å². The SMILES string of the molecule is Cc1ccc(N(C)S(=O)(=O)c2cccc(C(=O)Nc3cccc(CS(N)(=O)=O)c3)c2)cc1. The molecule has 8 nitrogen and oxygen atoms in total. The predicted molar refractivity (Wildman–Crippen MR) is 124 cm³/mol. The van der Waals surface area contributed by atoms with Crippen LogP contribution >= 0.6 is 0 Å². The number of amides is 1. The number of carbonyl (C=O) groups is 1. The van der Waals surface area contributed by atoms with Crippen LogP contribution in [0.15, 0.2) is 77.7 Å². The van der Waals surface area contributed by atoms with E-state index in [0.717, 1.165) is 9.87 Å². The Hall–Kier alpha value is -3.21. The molecule has 0 radical (unpaired) electrons. The lowest BCUT2D eigenvalue weighted by molar-refractivity contribution is 0.102. The lowest BCUT2D eigenvalue weighted by Gasteiger charge is -2.20. The molecule has 0 aliphatic heterocycles. The molecule has 10 heteroatoms. The number of carbonyl (C=O) groups excluding carboxylic acids is 1. The number of rotatable bonds is 7. The maximum absolute atomic E-state index is 13.1. The van der Waals surface area contributed by atoms with Gasteiger partial charge in [0.1, 0.15) is 0 Å². The molecule has 0 heterocycles. The van der Waals surface area contributed by atoms with Crippen LogP contribution in [0.3, 0.4) is 0 Å². The highest BCUT2D eigenvalue weighted by Crippen LogP contribution is 2.23. The van der Waals surface area contributed by atoms with Crippen LogP contribution in [0.25, 0.3) is 0 Å². The Balaban J connectivity index is 1.83. The number of nitrogens with zero attached hydrogens (tertiary/aromatic N) is 1. The number of hydrogen-bond acceptors (Lipinski definition) is 5. The summed E-state index contributed by atoms with van der Waals surface area (Å²) in [4.78, 5) is 12.7. The van der Waals surface area contributed by atoms with Crippen molar-refractivity contribution in [3.63, 3.8) is 0 Å². The minimum Gasteiger partial charge on any atom is -0.322 e. The molecule has 0 bridgehead atoms. The van der Waals surface area contributed by atoms with Gasteiger partial charge in [-0.25, -0.2) is 22.0 Å². The fourth-order valence-electron chi connectivity index (χ4n) is 3.02. The molecule has 3 aromatic carbocycles. The topological polar surface area (TPSA) is 127 Å². The molecule has 0 aliphatic rings. The number of benzene rings is 3. The third-order valence-corrected chi connectivity index (χ3v) is 7.22. The molecule has 0 aromatic heterocycles. The third kappa shape index (κ3) is 5.72. The quantitative estimate of drug-likeness (QED) is 0.546. The molecule has 1 amide bonds. The molecular formula is C22H23N3O5S2. The Morgan fingerprint density at radius 1 is 0.938 bits per heavy atom. The van der Waals surface area contributed by atoms with Gasteiger partial charge in [-0.3, -0.25) is 9.10 Å². The highest BCUT2D eigenvalue weighted by atomic mass is 32.2. The van der Waals surface area contributed by atoms with Gasteiger partial charge in [-0.1, -0.05) is 35.9 Å². The van der Waals surface area contributed by atoms with Gasteiger partial charge in [0.25, 0.3) is 15.9 Å². The van der Waals surface area contributed by atoms with Crippen molar-refractivity contribution in [1.29, 1.82) is 0 Å². The highest BCUT2D eigenvalue weighted by Gasteiger charge is 2.22. The van der Waals surface area contributed by atoms with Crippen LogP contribution in [0.4, 0.5) is 11.4 Å². The monoisotopic (exact) mass is 473 g/mol. The number of hydrogen-bond donors (Lipinski definition) is 2. The fraction of sp³-hybridized carbons (Fsp3) is 0.136. The number of aryl methyl sites for hydroxylation is 1. The van der Waals surface area contributed by atoms with Crippen molar-refractivity contribution in [2.24, 2.45) is 5.14 Å². The summed E-state index contributed by atoms with van der Waals surface area (Å²) in [5, 5.41) is 7.71. The maximum Gasteiger partial charge on any atom is 0.264 e. The Labute approximate surface area is 187 Å². The number of anilines is 2. The number of primary sulfonamides is 1. The summed E-state index contributed by atoms with van der Waals surface area (Å²) in [5.74, 6) is -0.900. The average molecular weight is 474 g/mol. The number of nitrogens with two attached hydrogens (primary N) is 1. The van der Waals surface area contributed by atoms with Crippen molar-refractivity contribution >= 4 is 37.3 Å². The van der Waals surface area contributed by atoms with E-state index in [1.807, 2.05) is 19.1 Å². The third-order valence-electron chi connectivity index (χ3n) is 4.70. The molecule has 0 aliphatic carbocycles. The van der Waals surface area contributed by atoms with E-state index in [0.29, 0.717) is 16.9 Å². The van der Waals surface area contributed by atoms with Crippen LogP contribution in [0.5, 0.6) is 0 Å². The zero-order valence-electron chi connectivity index (χ0n) is 17.5. The van der Waals surface area contributed by atoms with Crippen molar-refractivity contribution in [2.75, 3.05) is 16.7 Å². The second-order valence-corrected chi connectivity index (χ2v) is 10.9. The van der Waals surface area contributed by atoms with E-state index in [-0.39, 0.29) is 16.2 Å². The van der Waals surface area contributed by atoms with Gasteiger partial charge in [0.15, 0.2) is 0 Å². The van der Waals surface area contributed by atoms with Gasteiger partial charge in [-0.15, -0.1) is 0 Å². The van der Waals surface area contributed by atoms with Crippen molar-refractivity contribution < 1.29 is 21.6 Å². The van der Waals surface area contributed by atoms with E-state index < -0.39 is 26.0 Å². The van der Waals surface area contributed by atoms with Crippen LogP contribution in [0.2, 0.25) is 0 Å². The van der Waals surface area contributed by atoms with Gasteiger partial charge in [0, 0.05) is 18.3 Å². The van der Waals surface area contributed by atoms with Crippen LogP contribution in [0.1, 0.15) is 21.5 Å². The van der Waals surface area contributed by atoms with E-state index in [4.69, 9.17) is 5.14 Å². The van der Waals surface area contributed by atoms with Crippen LogP contribution in [-0.2, 0) is 25.8 Å². The number of sulfonamides is 2. The molecule has 0 unspecified atom stereocenters. The van der Waals surface area contributed by atoms with E-state index in [1.54, 1.807) is 30.3 Å². The number of nitrogens with one attached hydrogen (secondary N) is 1. The Morgan fingerprint density at radius 2 is 1.59 bits per heavy atom. The lowest BCUT2D eigenvalue weighted by atomic mass is 10.2. The first kappa shape index (κ1) is 23.5. The lowest BCUT2D eigenvalue weighted by Crippen LogP contribution is -2.26. The van der Waals surface area contributed by atoms with Crippen molar-refractivity contribution in [2.45, 2.75) is 17.6 Å². The molecule has 3 rings (SSSR count). The van der Waals surface area contributed by atoms with E-state index >= 15 is 0 Å². The average Bonchev–Trinajstić information content (AvgIpc) is 2.73. The molecule has 3 aromatic rings.